The van der Waals surface area contributed by atoms with Gasteiger partial charge in [-0.2, -0.15) is 0 Å². The SMILES string of the molecule is Nc1ccc(OCC(=O)Nc2cc(Cl)ccn2)cc1. The Morgan fingerprint density at radius 1 is 1.32 bits per heavy atom. The second-order valence-corrected chi connectivity index (χ2v) is 4.20. The number of hydrogen-bond acceptors (Lipinski definition) is 4. The molecule has 1 aromatic carbocycles. The van der Waals surface area contributed by atoms with Crippen LogP contribution in [-0.2, 0) is 4.79 Å². The predicted octanol–water partition coefficient (Wildman–Crippen LogP) is 2.33. The first-order valence-electron chi connectivity index (χ1n) is 5.53. The highest BCUT2D eigenvalue weighted by molar-refractivity contribution is 6.30. The highest BCUT2D eigenvalue weighted by Crippen LogP contribution is 2.14. The van der Waals surface area contributed by atoms with Crippen molar-refractivity contribution in [3.8, 4) is 5.75 Å². The topological polar surface area (TPSA) is 77.2 Å². The van der Waals surface area contributed by atoms with Crippen molar-refractivity contribution in [1.29, 1.82) is 0 Å². The molecule has 0 atom stereocenters. The maximum Gasteiger partial charge on any atom is 0.263 e. The van der Waals surface area contributed by atoms with Gasteiger partial charge in [0, 0.05) is 16.9 Å². The molecule has 19 heavy (non-hydrogen) atoms. The third kappa shape index (κ3) is 4.15. The molecule has 1 heterocycles. The van der Waals surface area contributed by atoms with Gasteiger partial charge in [0.25, 0.3) is 5.91 Å². The summed E-state index contributed by atoms with van der Waals surface area (Å²) in [6.45, 7) is -0.113. The molecule has 0 radical (unpaired) electrons. The number of nitrogen functional groups attached to an aromatic ring is 1. The number of nitrogens with two attached hydrogens (primary N) is 1. The number of hydrogen-bond donors (Lipinski definition) is 2. The van der Waals surface area contributed by atoms with Crippen LogP contribution in [0.2, 0.25) is 5.02 Å². The minimum absolute atomic E-state index is 0.113. The number of benzene rings is 1. The van der Waals surface area contributed by atoms with E-state index < -0.39 is 0 Å². The van der Waals surface area contributed by atoms with E-state index in [1.165, 1.54) is 6.20 Å². The third-order valence-corrected chi connectivity index (χ3v) is 2.47. The fraction of sp³-hybridized carbons (Fsp3) is 0.0769. The number of aromatic nitrogens is 1. The smallest absolute Gasteiger partial charge is 0.263 e. The van der Waals surface area contributed by atoms with E-state index in [1.54, 1.807) is 36.4 Å². The van der Waals surface area contributed by atoms with Crippen LogP contribution in [0.15, 0.2) is 42.6 Å². The van der Waals surface area contributed by atoms with E-state index in [-0.39, 0.29) is 12.5 Å². The first kappa shape index (κ1) is 13.2. The Labute approximate surface area is 115 Å². The summed E-state index contributed by atoms with van der Waals surface area (Å²) in [6, 6.07) is 9.97. The monoisotopic (exact) mass is 277 g/mol. The van der Waals surface area contributed by atoms with Crippen LogP contribution in [0.3, 0.4) is 0 Å². The summed E-state index contributed by atoms with van der Waals surface area (Å²) in [5, 5.41) is 3.08. The zero-order valence-electron chi connectivity index (χ0n) is 9.97. The molecule has 0 aliphatic heterocycles. The summed E-state index contributed by atoms with van der Waals surface area (Å²) in [4.78, 5) is 15.6. The van der Waals surface area contributed by atoms with Crippen molar-refractivity contribution >= 4 is 29.0 Å². The maximum atomic E-state index is 11.6. The van der Waals surface area contributed by atoms with E-state index in [4.69, 9.17) is 22.1 Å². The number of pyridine rings is 1. The summed E-state index contributed by atoms with van der Waals surface area (Å²) in [7, 11) is 0. The summed E-state index contributed by atoms with van der Waals surface area (Å²) in [6.07, 6.45) is 1.51. The number of carbonyl (C=O) groups is 1. The Morgan fingerprint density at radius 2 is 2.05 bits per heavy atom. The summed E-state index contributed by atoms with van der Waals surface area (Å²) in [5.41, 5.74) is 6.18. The molecule has 0 aliphatic rings. The van der Waals surface area contributed by atoms with Crippen molar-refractivity contribution in [2.45, 2.75) is 0 Å². The molecule has 0 spiro atoms. The molecule has 2 rings (SSSR count). The number of nitrogens with zero attached hydrogens (tertiary/aromatic N) is 1. The summed E-state index contributed by atoms with van der Waals surface area (Å²) >= 11 is 5.78. The summed E-state index contributed by atoms with van der Waals surface area (Å²) in [5.74, 6) is 0.647. The molecule has 0 fully saturated rings. The molecule has 98 valence electrons. The predicted molar refractivity (Wildman–Crippen MR) is 74.2 cm³/mol. The van der Waals surface area contributed by atoms with Gasteiger partial charge in [0.2, 0.25) is 0 Å². The molecule has 0 saturated carbocycles. The molecule has 1 aromatic heterocycles. The Hall–Kier alpha value is -2.27. The van der Waals surface area contributed by atoms with Crippen LogP contribution in [0.4, 0.5) is 11.5 Å². The lowest BCUT2D eigenvalue weighted by atomic mass is 10.3. The van der Waals surface area contributed by atoms with Crippen LogP contribution in [0, 0.1) is 0 Å². The van der Waals surface area contributed by atoms with Gasteiger partial charge in [-0.1, -0.05) is 11.6 Å². The average molecular weight is 278 g/mol. The highest BCUT2D eigenvalue weighted by atomic mass is 35.5. The number of ether oxygens (including phenoxy) is 1. The van der Waals surface area contributed by atoms with Gasteiger partial charge in [0.05, 0.1) is 0 Å². The molecule has 3 N–H and O–H groups in total. The Morgan fingerprint density at radius 3 is 2.74 bits per heavy atom. The van der Waals surface area contributed by atoms with Crippen LogP contribution in [0.5, 0.6) is 5.75 Å². The second kappa shape index (κ2) is 6.06. The Balaban J connectivity index is 1.86. The minimum Gasteiger partial charge on any atom is -0.484 e. The van der Waals surface area contributed by atoms with E-state index in [1.807, 2.05) is 0 Å². The van der Waals surface area contributed by atoms with Gasteiger partial charge >= 0.3 is 0 Å². The molecule has 0 saturated heterocycles. The lowest BCUT2D eigenvalue weighted by Crippen LogP contribution is -2.20. The zero-order valence-corrected chi connectivity index (χ0v) is 10.7. The fourth-order valence-electron chi connectivity index (χ4n) is 1.36. The van der Waals surface area contributed by atoms with Crippen LogP contribution in [-0.4, -0.2) is 17.5 Å². The second-order valence-electron chi connectivity index (χ2n) is 3.77. The minimum atomic E-state index is -0.313. The Kier molecular flexibility index (Phi) is 4.20. The van der Waals surface area contributed by atoms with E-state index in [0.717, 1.165) is 0 Å². The van der Waals surface area contributed by atoms with E-state index in [9.17, 15) is 4.79 Å². The molecule has 2 aromatic rings. The maximum absolute atomic E-state index is 11.6. The lowest BCUT2D eigenvalue weighted by Gasteiger charge is -2.07. The van der Waals surface area contributed by atoms with E-state index in [2.05, 4.69) is 10.3 Å². The third-order valence-electron chi connectivity index (χ3n) is 2.24. The van der Waals surface area contributed by atoms with Crippen molar-refractivity contribution in [2.75, 3.05) is 17.7 Å². The van der Waals surface area contributed by atoms with E-state index in [0.29, 0.717) is 22.3 Å². The molecule has 5 nitrogen and oxygen atoms in total. The van der Waals surface area contributed by atoms with Gasteiger partial charge in [0.1, 0.15) is 11.6 Å². The van der Waals surface area contributed by atoms with Crippen LogP contribution < -0.4 is 15.8 Å². The highest BCUT2D eigenvalue weighted by Gasteiger charge is 2.04. The first-order valence-corrected chi connectivity index (χ1v) is 5.91. The lowest BCUT2D eigenvalue weighted by molar-refractivity contribution is -0.118. The molecule has 0 unspecified atom stereocenters. The van der Waals surface area contributed by atoms with Gasteiger partial charge in [-0.25, -0.2) is 4.98 Å². The van der Waals surface area contributed by atoms with Crippen molar-refractivity contribution in [3.63, 3.8) is 0 Å². The van der Waals surface area contributed by atoms with Crippen LogP contribution in [0.1, 0.15) is 0 Å². The number of anilines is 2. The van der Waals surface area contributed by atoms with Crippen LogP contribution >= 0.6 is 11.6 Å². The molecule has 6 heteroatoms. The quantitative estimate of drug-likeness (QED) is 0.841. The molecule has 0 bridgehead atoms. The molecular formula is C13H12ClN3O2. The number of amides is 1. The zero-order chi connectivity index (χ0) is 13.7. The fourth-order valence-corrected chi connectivity index (χ4v) is 1.52. The first-order chi connectivity index (χ1) is 9.13. The van der Waals surface area contributed by atoms with Gasteiger partial charge in [-0.15, -0.1) is 0 Å². The largest absolute Gasteiger partial charge is 0.484 e. The van der Waals surface area contributed by atoms with Crippen molar-refractivity contribution in [1.82, 2.24) is 4.98 Å². The van der Waals surface area contributed by atoms with Gasteiger partial charge in [-0.05, 0) is 36.4 Å². The number of rotatable bonds is 4. The van der Waals surface area contributed by atoms with Crippen molar-refractivity contribution in [3.05, 3.63) is 47.6 Å². The molecular weight excluding hydrogens is 266 g/mol. The molecule has 0 aliphatic carbocycles. The van der Waals surface area contributed by atoms with Gasteiger partial charge in [-0.3, -0.25) is 4.79 Å². The average Bonchev–Trinajstić information content (AvgIpc) is 2.38. The van der Waals surface area contributed by atoms with Gasteiger partial charge < -0.3 is 15.8 Å². The summed E-state index contributed by atoms with van der Waals surface area (Å²) < 4.78 is 5.30. The number of carbonyl (C=O) groups excluding carboxylic acids is 1. The van der Waals surface area contributed by atoms with Gasteiger partial charge in [0.15, 0.2) is 6.61 Å². The number of halogens is 1. The van der Waals surface area contributed by atoms with Crippen LogP contribution in [0.25, 0.3) is 0 Å². The van der Waals surface area contributed by atoms with Crippen molar-refractivity contribution in [2.24, 2.45) is 0 Å². The molecule has 1 amide bonds. The van der Waals surface area contributed by atoms with E-state index >= 15 is 0 Å². The number of nitrogens with one attached hydrogen (secondary N) is 1. The normalized spacial score (nSPS) is 9.95. The van der Waals surface area contributed by atoms with Crippen molar-refractivity contribution < 1.29 is 9.53 Å². The standard InChI is InChI=1S/C13H12ClN3O2/c14-9-5-6-16-12(7-9)17-13(18)8-19-11-3-1-10(15)2-4-11/h1-7H,8,15H2,(H,16,17,18). The Bertz CT molecular complexity index is 572.